The zero-order valence-electron chi connectivity index (χ0n) is 9.48. The highest BCUT2D eigenvalue weighted by atomic mass is 19.1. The third-order valence-electron chi connectivity index (χ3n) is 2.33. The number of methoxy groups -OCH3 is 1. The van der Waals surface area contributed by atoms with Crippen LogP contribution in [0.5, 0.6) is 5.75 Å². The van der Waals surface area contributed by atoms with Gasteiger partial charge in [0.15, 0.2) is 0 Å². The molecule has 0 saturated heterocycles. The van der Waals surface area contributed by atoms with Gasteiger partial charge in [-0.1, -0.05) is 12.1 Å². The van der Waals surface area contributed by atoms with Gasteiger partial charge in [-0.2, -0.15) is 0 Å². The molecule has 17 heavy (non-hydrogen) atoms. The number of nitrogens with zero attached hydrogens (tertiary/aromatic N) is 1. The van der Waals surface area contributed by atoms with E-state index in [1.165, 1.54) is 12.1 Å². The van der Waals surface area contributed by atoms with Gasteiger partial charge >= 0.3 is 0 Å². The molecule has 1 heterocycles. The first kappa shape index (κ1) is 11.4. The molecule has 0 unspecified atom stereocenters. The second-order valence-corrected chi connectivity index (χ2v) is 3.57. The van der Waals surface area contributed by atoms with Crippen LogP contribution in [0.3, 0.4) is 0 Å². The molecule has 88 valence electrons. The minimum atomic E-state index is -0.230. The van der Waals surface area contributed by atoms with Gasteiger partial charge in [0.1, 0.15) is 17.4 Å². The number of pyridine rings is 1. The van der Waals surface area contributed by atoms with Crippen molar-refractivity contribution in [1.29, 1.82) is 0 Å². The lowest BCUT2D eigenvalue weighted by Crippen LogP contribution is -2.01. The van der Waals surface area contributed by atoms with E-state index >= 15 is 0 Å². The first-order valence-corrected chi connectivity index (χ1v) is 5.26. The number of halogens is 1. The Labute approximate surface area is 99.3 Å². The van der Waals surface area contributed by atoms with Gasteiger partial charge in [0.05, 0.1) is 13.3 Å². The van der Waals surface area contributed by atoms with Gasteiger partial charge in [-0.15, -0.1) is 0 Å². The van der Waals surface area contributed by atoms with E-state index in [0.29, 0.717) is 12.3 Å². The average molecular weight is 232 g/mol. The number of ether oxygens (including phenoxy) is 1. The Morgan fingerprint density at radius 3 is 2.82 bits per heavy atom. The summed E-state index contributed by atoms with van der Waals surface area (Å²) in [6.07, 6.45) is 1.63. The lowest BCUT2D eigenvalue weighted by atomic mass is 10.2. The molecule has 0 aliphatic heterocycles. The third kappa shape index (κ3) is 3.17. The van der Waals surface area contributed by atoms with Crippen LogP contribution >= 0.6 is 0 Å². The van der Waals surface area contributed by atoms with Gasteiger partial charge in [-0.05, 0) is 29.8 Å². The zero-order valence-corrected chi connectivity index (χ0v) is 9.48. The van der Waals surface area contributed by atoms with Crippen LogP contribution in [0.4, 0.5) is 10.2 Å². The molecule has 0 spiro atoms. The van der Waals surface area contributed by atoms with Gasteiger partial charge in [-0.3, -0.25) is 0 Å². The van der Waals surface area contributed by atoms with Crippen molar-refractivity contribution in [2.75, 3.05) is 12.4 Å². The predicted molar refractivity (Wildman–Crippen MR) is 64.5 cm³/mol. The first-order chi connectivity index (χ1) is 8.28. The minimum absolute atomic E-state index is 0.230. The fraction of sp³-hybridized carbons (Fsp3) is 0.154. The highest BCUT2D eigenvalue weighted by Gasteiger charge is 1.97. The number of benzene rings is 1. The predicted octanol–water partition coefficient (Wildman–Crippen LogP) is 2.84. The molecule has 0 radical (unpaired) electrons. The van der Waals surface area contributed by atoms with Crippen LogP contribution in [0, 0.1) is 5.82 Å². The topological polar surface area (TPSA) is 34.1 Å². The van der Waals surface area contributed by atoms with E-state index in [0.717, 1.165) is 11.4 Å². The van der Waals surface area contributed by atoms with E-state index in [2.05, 4.69) is 10.3 Å². The molecule has 0 atom stereocenters. The molecule has 0 fully saturated rings. The van der Waals surface area contributed by atoms with Crippen LogP contribution in [0.2, 0.25) is 0 Å². The fourth-order valence-electron chi connectivity index (χ4n) is 1.45. The van der Waals surface area contributed by atoms with Crippen LogP contribution in [0.15, 0.2) is 42.6 Å². The van der Waals surface area contributed by atoms with E-state index in [1.807, 2.05) is 18.2 Å². The summed E-state index contributed by atoms with van der Waals surface area (Å²) >= 11 is 0. The molecule has 3 nitrogen and oxygen atoms in total. The van der Waals surface area contributed by atoms with Crippen molar-refractivity contribution >= 4 is 5.82 Å². The summed E-state index contributed by atoms with van der Waals surface area (Å²) in [5.41, 5.74) is 0.877. The Kier molecular flexibility index (Phi) is 3.55. The summed E-state index contributed by atoms with van der Waals surface area (Å²) in [5, 5.41) is 3.11. The van der Waals surface area contributed by atoms with Gasteiger partial charge < -0.3 is 10.1 Å². The van der Waals surface area contributed by atoms with Crippen LogP contribution in [0.25, 0.3) is 0 Å². The Morgan fingerprint density at radius 2 is 2.18 bits per heavy atom. The van der Waals surface area contributed by atoms with E-state index in [1.54, 1.807) is 19.4 Å². The summed E-state index contributed by atoms with van der Waals surface area (Å²) in [6.45, 7) is 0.539. The Hall–Kier alpha value is -2.10. The third-order valence-corrected chi connectivity index (χ3v) is 2.33. The second-order valence-electron chi connectivity index (χ2n) is 3.57. The molecule has 0 saturated carbocycles. The number of hydrogen-bond acceptors (Lipinski definition) is 3. The summed E-state index contributed by atoms with van der Waals surface area (Å²) < 4.78 is 17.9. The normalized spacial score (nSPS) is 10.0. The van der Waals surface area contributed by atoms with Gasteiger partial charge in [0.2, 0.25) is 0 Å². The average Bonchev–Trinajstić information content (AvgIpc) is 2.37. The Morgan fingerprint density at radius 1 is 1.29 bits per heavy atom. The zero-order chi connectivity index (χ0) is 12.1. The molecular formula is C13H13FN2O. The molecule has 0 bridgehead atoms. The highest BCUT2D eigenvalue weighted by Crippen LogP contribution is 2.12. The van der Waals surface area contributed by atoms with Crippen molar-refractivity contribution in [3.63, 3.8) is 0 Å². The second kappa shape index (κ2) is 5.30. The van der Waals surface area contributed by atoms with Crippen LogP contribution in [-0.4, -0.2) is 12.1 Å². The number of nitrogens with one attached hydrogen (secondary N) is 1. The van der Waals surface area contributed by atoms with Gasteiger partial charge in [-0.25, -0.2) is 9.37 Å². The van der Waals surface area contributed by atoms with Crippen molar-refractivity contribution in [2.24, 2.45) is 0 Å². The highest BCUT2D eigenvalue weighted by molar-refractivity contribution is 5.38. The molecule has 2 rings (SSSR count). The minimum Gasteiger partial charge on any atom is -0.495 e. The van der Waals surface area contributed by atoms with E-state index in [-0.39, 0.29) is 5.82 Å². The number of hydrogen-bond donors (Lipinski definition) is 1. The molecular weight excluding hydrogens is 219 g/mol. The van der Waals surface area contributed by atoms with Gasteiger partial charge in [0, 0.05) is 6.54 Å². The van der Waals surface area contributed by atoms with Crippen molar-refractivity contribution in [3.05, 3.63) is 54.0 Å². The lowest BCUT2D eigenvalue weighted by Gasteiger charge is -2.06. The van der Waals surface area contributed by atoms with E-state index in [9.17, 15) is 4.39 Å². The summed E-state index contributed by atoms with van der Waals surface area (Å²) in [6, 6.07) is 10.1. The molecule has 0 aliphatic carbocycles. The fourth-order valence-corrected chi connectivity index (χ4v) is 1.45. The van der Waals surface area contributed by atoms with Crippen LogP contribution in [0.1, 0.15) is 5.56 Å². The van der Waals surface area contributed by atoms with E-state index < -0.39 is 0 Å². The van der Waals surface area contributed by atoms with Crippen molar-refractivity contribution < 1.29 is 9.13 Å². The maximum absolute atomic E-state index is 12.9. The maximum Gasteiger partial charge on any atom is 0.137 e. The quantitative estimate of drug-likeness (QED) is 0.880. The monoisotopic (exact) mass is 232 g/mol. The maximum atomic E-state index is 12.9. The summed E-state index contributed by atoms with van der Waals surface area (Å²) in [4.78, 5) is 4.16. The number of aromatic nitrogens is 1. The van der Waals surface area contributed by atoms with Crippen molar-refractivity contribution in [1.82, 2.24) is 4.98 Å². The van der Waals surface area contributed by atoms with Crippen LogP contribution in [-0.2, 0) is 6.54 Å². The summed E-state index contributed by atoms with van der Waals surface area (Å²) in [5.74, 6) is 1.21. The molecule has 1 aromatic carbocycles. The first-order valence-electron chi connectivity index (χ1n) is 5.26. The standard InChI is InChI=1S/C13H13FN2O/c1-17-12-5-6-13(16-9-12)15-8-10-3-2-4-11(14)7-10/h2-7,9H,8H2,1H3,(H,15,16). The number of rotatable bonds is 4. The number of anilines is 1. The largest absolute Gasteiger partial charge is 0.495 e. The Bertz CT molecular complexity index is 485. The van der Waals surface area contributed by atoms with E-state index in [4.69, 9.17) is 4.74 Å². The lowest BCUT2D eigenvalue weighted by molar-refractivity contribution is 0.413. The van der Waals surface area contributed by atoms with Crippen molar-refractivity contribution in [2.45, 2.75) is 6.54 Å². The molecule has 0 amide bonds. The molecule has 2 aromatic rings. The SMILES string of the molecule is COc1ccc(NCc2cccc(F)c2)nc1. The Balaban J connectivity index is 1.97. The smallest absolute Gasteiger partial charge is 0.137 e. The molecule has 4 heteroatoms. The van der Waals surface area contributed by atoms with Gasteiger partial charge in [0.25, 0.3) is 0 Å². The molecule has 0 aliphatic rings. The van der Waals surface area contributed by atoms with Crippen LogP contribution < -0.4 is 10.1 Å². The molecule has 1 N–H and O–H groups in total. The summed E-state index contributed by atoms with van der Waals surface area (Å²) in [7, 11) is 1.59. The van der Waals surface area contributed by atoms with Crippen molar-refractivity contribution in [3.8, 4) is 5.75 Å². The molecule has 1 aromatic heterocycles.